The number of aromatic carboxylic acids is 1. The van der Waals surface area contributed by atoms with Gasteiger partial charge < -0.3 is 14.8 Å². The molecule has 8 nitrogen and oxygen atoms in total. The van der Waals surface area contributed by atoms with E-state index < -0.39 is 11.9 Å². The monoisotopic (exact) mass is 492 g/mol. The third-order valence-corrected chi connectivity index (χ3v) is 6.20. The zero-order valence-electron chi connectivity index (χ0n) is 20.2. The Hall–Kier alpha value is -5.11. The number of hydrazone groups is 1. The minimum Gasteiger partial charge on any atom is -0.494 e. The summed E-state index contributed by atoms with van der Waals surface area (Å²) in [4.78, 5) is 23.7. The van der Waals surface area contributed by atoms with E-state index in [9.17, 15) is 14.7 Å². The van der Waals surface area contributed by atoms with Gasteiger partial charge in [0, 0.05) is 34.7 Å². The number of amides is 1. The van der Waals surface area contributed by atoms with Crippen LogP contribution >= 0.6 is 0 Å². The first kappa shape index (κ1) is 23.6. The van der Waals surface area contributed by atoms with Gasteiger partial charge in [0.25, 0.3) is 5.91 Å². The van der Waals surface area contributed by atoms with Crippen molar-refractivity contribution < 1.29 is 19.8 Å². The summed E-state index contributed by atoms with van der Waals surface area (Å²) in [7, 11) is 0. The van der Waals surface area contributed by atoms with Gasteiger partial charge in [0.15, 0.2) is 0 Å². The van der Waals surface area contributed by atoms with Crippen molar-refractivity contribution in [1.29, 1.82) is 0 Å². The molecule has 2 aromatic heterocycles. The van der Waals surface area contributed by atoms with Crippen molar-refractivity contribution >= 4 is 28.5 Å². The van der Waals surface area contributed by atoms with Gasteiger partial charge in [-0.1, -0.05) is 17.7 Å². The van der Waals surface area contributed by atoms with E-state index in [1.165, 1.54) is 24.3 Å². The summed E-state index contributed by atoms with van der Waals surface area (Å²) in [5, 5.41) is 25.5. The smallest absolute Gasteiger partial charge is 0.335 e. The van der Waals surface area contributed by atoms with Crippen LogP contribution in [0, 0.1) is 6.92 Å². The van der Waals surface area contributed by atoms with E-state index >= 15 is 0 Å². The van der Waals surface area contributed by atoms with E-state index in [1.54, 1.807) is 11.5 Å². The molecule has 0 saturated carbocycles. The van der Waals surface area contributed by atoms with E-state index in [0.717, 1.165) is 27.8 Å². The summed E-state index contributed by atoms with van der Waals surface area (Å²) >= 11 is 0. The van der Waals surface area contributed by atoms with Crippen LogP contribution in [0.2, 0.25) is 0 Å². The van der Waals surface area contributed by atoms with Crippen LogP contribution in [-0.4, -0.2) is 36.9 Å². The van der Waals surface area contributed by atoms with Crippen molar-refractivity contribution in [3.63, 3.8) is 0 Å². The van der Waals surface area contributed by atoms with Gasteiger partial charge in [0.05, 0.1) is 22.4 Å². The number of carboxylic acid groups (broad SMARTS) is 1. The molecule has 0 bridgehead atoms. The largest absolute Gasteiger partial charge is 0.494 e. The van der Waals surface area contributed by atoms with Gasteiger partial charge in [-0.2, -0.15) is 5.10 Å². The molecule has 3 N–H and O–H groups in total. The van der Waals surface area contributed by atoms with Crippen molar-refractivity contribution in [2.75, 3.05) is 0 Å². The first-order chi connectivity index (χ1) is 17.8. The van der Waals surface area contributed by atoms with Crippen molar-refractivity contribution in [2.24, 2.45) is 5.10 Å². The van der Waals surface area contributed by atoms with Gasteiger partial charge in [-0.15, -0.1) is 0 Å². The van der Waals surface area contributed by atoms with E-state index in [2.05, 4.69) is 10.5 Å². The van der Waals surface area contributed by atoms with Crippen LogP contribution in [0.3, 0.4) is 0 Å². The number of aromatic nitrogens is 2. The molecule has 37 heavy (non-hydrogen) atoms. The molecule has 0 saturated heterocycles. The first-order valence-electron chi connectivity index (χ1n) is 11.6. The Morgan fingerprint density at radius 2 is 1.49 bits per heavy atom. The predicted molar refractivity (Wildman–Crippen MR) is 142 cm³/mol. The summed E-state index contributed by atoms with van der Waals surface area (Å²) in [6, 6.07) is 23.2. The SMILES string of the molecule is C/C(=N\NC(=O)c1ccc(C(=O)O)cc1)c1c(O)n(-c2ccc(C)cc2)c2ccc(-n3cccc3)cc12. The molecule has 1 amide bonds. The lowest BCUT2D eigenvalue weighted by atomic mass is 10.1. The van der Waals surface area contributed by atoms with Gasteiger partial charge in [-0.3, -0.25) is 9.36 Å². The second kappa shape index (κ2) is 9.50. The topological polar surface area (TPSA) is 109 Å². The molecule has 8 heteroatoms. The molecule has 3 aromatic carbocycles. The molecule has 0 aliphatic heterocycles. The summed E-state index contributed by atoms with van der Waals surface area (Å²) < 4.78 is 3.73. The quantitative estimate of drug-likeness (QED) is 0.221. The normalized spacial score (nSPS) is 11.6. The molecule has 0 aliphatic rings. The minimum atomic E-state index is -1.07. The summed E-state index contributed by atoms with van der Waals surface area (Å²) in [5.74, 6) is -1.56. The molecule has 184 valence electrons. The number of carbonyl (C=O) groups excluding carboxylic acids is 1. The lowest BCUT2D eigenvalue weighted by Crippen LogP contribution is -2.19. The number of benzene rings is 3. The van der Waals surface area contributed by atoms with Gasteiger partial charge in [0.2, 0.25) is 5.88 Å². The molecule has 5 aromatic rings. The number of nitrogens with zero attached hydrogens (tertiary/aromatic N) is 3. The average Bonchev–Trinajstić information content (AvgIpc) is 3.53. The van der Waals surface area contributed by atoms with Crippen LogP contribution < -0.4 is 5.43 Å². The fourth-order valence-corrected chi connectivity index (χ4v) is 4.26. The number of aromatic hydroxyl groups is 1. The van der Waals surface area contributed by atoms with Gasteiger partial charge in [-0.05, 0) is 80.6 Å². The Labute approximate surface area is 212 Å². The third-order valence-electron chi connectivity index (χ3n) is 6.20. The first-order valence-corrected chi connectivity index (χ1v) is 11.6. The summed E-state index contributed by atoms with van der Waals surface area (Å²) in [6.07, 6.45) is 3.88. The number of hydrogen-bond acceptors (Lipinski definition) is 4. The van der Waals surface area contributed by atoms with Crippen LogP contribution in [-0.2, 0) is 0 Å². The maximum Gasteiger partial charge on any atom is 0.335 e. The van der Waals surface area contributed by atoms with Crippen LogP contribution in [0.5, 0.6) is 5.88 Å². The maximum atomic E-state index is 12.6. The number of carbonyl (C=O) groups is 2. The Balaban J connectivity index is 1.57. The van der Waals surface area contributed by atoms with E-state index in [-0.39, 0.29) is 17.0 Å². The zero-order chi connectivity index (χ0) is 26.1. The second-order valence-electron chi connectivity index (χ2n) is 8.68. The molecule has 0 atom stereocenters. The standard InChI is InChI=1S/C29H24N4O4/c1-18-5-11-22(12-6-18)33-25-14-13-23(32-15-3-4-16-32)17-24(25)26(28(33)35)19(2)30-31-27(34)20-7-9-21(10-8-20)29(36)37/h3-17,35H,1-2H3,(H,31,34)(H,36,37)/b30-19+. The van der Waals surface area contributed by atoms with Crippen molar-refractivity contribution in [3.8, 4) is 17.3 Å². The Morgan fingerprint density at radius 3 is 2.14 bits per heavy atom. The predicted octanol–water partition coefficient (Wildman–Crippen LogP) is 5.29. The highest BCUT2D eigenvalue weighted by atomic mass is 16.4. The highest BCUT2D eigenvalue weighted by Gasteiger charge is 2.21. The molecule has 5 rings (SSSR count). The fourth-order valence-electron chi connectivity index (χ4n) is 4.26. The summed E-state index contributed by atoms with van der Waals surface area (Å²) in [5.41, 5.74) is 7.37. The lowest BCUT2D eigenvalue weighted by Gasteiger charge is -2.08. The number of rotatable bonds is 6. The Kier molecular flexibility index (Phi) is 6.07. The van der Waals surface area contributed by atoms with Gasteiger partial charge in [-0.25, -0.2) is 10.2 Å². The molecule has 0 spiro atoms. The fraction of sp³-hybridized carbons (Fsp3) is 0.0690. The number of carboxylic acids is 1. The third kappa shape index (κ3) is 4.48. The van der Waals surface area contributed by atoms with Gasteiger partial charge in [0.1, 0.15) is 0 Å². The van der Waals surface area contributed by atoms with Gasteiger partial charge >= 0.3 is 5.97 Å². The second-order valence-corrected chi connectivity index (χ2v) is 8.68. The number of fused-ring (bicyclic) bond motifs is 1. The molecule has 0 radical (unpaired) electrons. The summed E-state index contributed by atoms with van der Waals surface area (Å²) in [6.45, 7) is 3.71. The highest BCUT2D eigenvalue weighted by molar-refractivity contribution is 6.13. The number of hydrogen-bond donors (Lipinski definition) is 3. The molecule has 0 unspecified atom stereocenters. The molecule has 2 heterocycles. The zero-order valence-corrected chi connectivity index (χ0v) is 20.2. The number of aryl methyl sites for hydroxylation is 1. The van der Waals surface area contributed by atoms with E-state index in [4.69, 9.17) is 5.11 Å². The van der Waals surface area contributed by atoms with Crippen LogP contribution in [0.4, 0.5) is 0 Å². The van der Waals surface area contributed by atoms with E-state index in [0.29, 0.717) is 11.3 Å². The highest BCUT2D eigenvalue weighted by Crippen LogP contribution is 2.36. The Bertz CT molecular complexity index is 1650. The molecule has 0 aliphatic carbocycles. The average molecular weight is 493 g/mol. The lowest BCUT2D eigenvalue weighted by molar-refractivity contribution is 0.0696. The minimum absolute atomic E-state index is 0.00446. The van der Waals surface area contributed by atoms with Crippen molar-refractivity contribution in [3.05, 3.63) is 114 Å². The van der Waals surface area contributed by atoms with Crippen LogP contribution in [0.25, 0.3) is 22.3 Å². The Morgan fingerprint density at radius 1 is 0.865 bits per heavy atom. The van der Waals surface area contributed by atoms with Crippen LogP contribution in [0.1, 0.15) is 38.8 Å². The molecular formula is C29H24N4O4. The van der Waals surface area contributed by atoms with Crippen LogP contribution in [0.15, 0.2) is 96.4 Å². The molecule has 0 fully saturated rings. The maximum absolute atomic E-state index is 12.6. The van der Waals surface area contributed by atoms with Crippen molar-refractivity contribution in [1.82, 2.24) is 14.6 Å². The van der Waals surface area contributed by atoms with Crippen molar-refractivity contribution in [2.45, 2.75) is 13.8 Å². The molecular weight excluding hydrogens is 468 g/mol. The number of nitrogens with one attached hydrogen (secondary N) is 1. The van der Waals surface area contributed by atoms with E-state index in [1.807, 2.05) is 78.5 Å².